The Kier molecular flexibility index (Phi) is 3.17. The van der Waals surface area contributed by atoms with E-state index in [1.165, 1.54) is 27.5 Å². The van der Waals surface area contributed by atoms with Crippen molar-refractivity contribution in [1.29, 1.82) is 0 Å². The molecule has 1 heteroatoms. The number of aromatic nitrogens is 1. The van der Waals surface area contributed by atoms with Gasteiger partial charge in [-0.1, -0.05) is 60.7 Å². The van der Waals surface area contributed by atoms with Crippen LogP contribution in [-0.4, -0.2) is 4.98 Å². The standard InChI is InChI=1S/C21H15N/c1-2-7-16(8-3-1)20-13-17-9-4-5-10-18(17)14-21(20)19-11-6-12-22-15-19/h1-15H. The van der Waals surface area contributed by atoms with Gasteiger partial charge in [0.1, 0.15) is 0 Å². The highest BCUT2D eigenvalue weighted by atomic mass is 14.6. The lowest BCUT2D eigenvalue weighted by molar-refractivity contribution is 1.33. The predicted molar refractivity (Wildman–Crippen MR) is 92.6 cm³/mol. The summed E-state index contributed by atoms with van der Waals surface area (Å²) in [7, 11) is 0. The fourth-order valence-electron chi connectivity index (χ4n) is 2.86. The molecular formula is C21H15N. The zero-order valence-corrected chi connectivity index (χ0v) is 12.1. The maximum absolute atomic E-state index is 4.28. The van der Waals surface area contributed by atoms with Crippen LogP contribution in [0.25, 0.3) is 33.0 Å². The van der Waals surface area contributed by atoms with Gasteiger partial charge >= 0.3 is 0 Å². The Balaban J connectivity index is 2.04. The lowest BCUT2D eigenvalue weighted by Crippen LogP contribution is -1.87. The lowest BCUT2D eigenvalue weighted by atomic mass is 9.92. The molecule has 0 radical (unpaired) electrons. The fraction of sp³-hybridized carbons (Fsp3) is 0. The Bertz CT molecular complexity index is 834. The molecule has 0 amide bonds. The van der Waals surface area contributed by atoms with Gasteiger partial charge in [-0.2, -0.15) is 0 Å². The monoisotopic (exact) mass is 281 g/mol. The van der Waals surface area contributed by atoms with E-state index in [1.54, 1.807) is 0 Å². The first-order valence-electron chi connectivity index (χ1n) is 7.40. The Morgan fingerprint density at radius 1 is 0.545 bits per heavy atom. The second kappa shape index (κ2) is 5.45. The van der Waals surface area contributed by atoms with Crippen LogP contribution in [0.1, 0.15) is 0 Å². The third kappa shape index (κ3) is 2.27. The SMILES string of the molecule is c1ccc(-c2cc3ccccc3cc2-c2cccnc2)cc1. The predicted octanol–water partition coefficient (Wildman–Crippen LogP) is 5.57. The van der Waals surface area contributed by atoms with E-state index in [0.29, 0.717) is 0 Å². The van der Waals surface area contributed by atoms with Crippen LogP contribution in [0.3, 0.4) is 0 Å². The largest absolute Gasteiger partial charge is 0.264 e. The Morgan fingerprint density at radius 3 is 1.77 bits per heavy atom. The summed E-state index contributed by atoms with van der Waals surface area (Å²) in [5, 5.41) is 2.51. The van der Waals surface area contributed by atoms with E-state index in [0.717, 1.165) is 5.56 Å². The summed E-state index contributed by atoms with van der Waals surface area (Å²) in [6.07, 6.45) is 3.74. The molecule has 4 rings (SSSR count). The molecule has 1 aromatic heterocycles. The molecular weight excluding hydrogens is 266 g/mol. The molecule has 0 N–H and O–H groups in total. The van der Waals surface area contributed by atoms with E-state index in [1.807, 2.05) is 24.5 Å². The topological polar surface area (TPSA) is 12.9 Å². The Labute approximate surface area is 129 Å². The highest BCUT2D eigenvalue weighted by Crippen LogP contribution is 2.35. The number of hydrogen-bond acceptors (Lipinski definition) is 1. The Morgan fingerprint density at radius 2 is 1.14 bits per heavy atom. The van der Waals surface area contributed by atoms with E-state index in [4.69, 9.17) is 0 Å². The van der Waals surface area contributed by atoms with E-state index in [2.05, 4.69) is 71.7 Å². The summed E-state index contributed by atoms with van der Waals surface area (Å²) in [5.74, 6) is 0. The quantitative estimate of drug-likeness (QED) is 0.468. The number of rotatable bonds is 2. The molecule has 0 aliphatic rings. The third-order valence-electron chi connectivity index (χ3n) is 3.94. The van der Waals surface area contributed by atoms with Gasteiger partial charge in [0.25, 0.3) is 0 Å². The number of benzene rings is 3. The minimum absolute atomic E-state index is 1.15. The molecule has 22 heavy (non-hydrogen) atoms. The van der Waals surface area contributed by atoms with Crippen molar-refractivity contribution >= 4 is 10.8 Å². The van der Waals surface area contributed by atoms with Crippen LogP contribution >= 0.6 is 0 Å². The number of nitrogens with zero attached hydrogens (tertiary/aromatic N) is 1. The summed E-state index contributed by atoms with van der Waals surface area (Å²) < 4.78 is 0. The minimum atomic E-state index is 1.15. The summed E-state index contributed by atoms with van der Waals surface area (Å²) in [5.41, 5.74) is 4.84. The van der Waals surface area contributed by atoms with Gasteiger partial charge in [0.15, 0.2) is 0 Å². The minimum Gasteiger partial charge on any atom is -0.264 e. The van der Waals surface area contributed by atoms with Crippen molar-refractivity contribution in [1.82, 2.24) is 4.98 Å². The number of fused-ring (bicyclic) bond motifs is 1. The van der Waals surface area contributed by atoms with Crippen LogP contribution in [0.2, 0.25) is 0 Å². The van der Waals surface area contributed by atoms with Gasteiger partial charge in [-0.3, -0.25) is 4.98 Å². The van der Waals surface area contributed by atoms with E-state index in [-0.39, 0.29) is 0 Å². The van der Waals surface area contributed by atoms with Crippen LogP contribution in [0.4, 0.5) is 0 Å². The smallest absolute Gasteiger partial charge is 0.0346 e. The van der Waals surface area contributed by atoms with E-state index < -0.39 is 0 Å². The molecule has 0 bridgehead atoms. The van der Waals surface area contributed by atoms with Gasteiger partial charge in [-0.25, -0.2) is 0 Å². The van der Waals surface area contributed by atoms with Gasteiger partial charge in [0.2, 0.25) is 0 Å². The Hall–Kier alpha value is -2.93. The van der Waals surface area contributed by atoms with Gasteiger partial charge in [0, 0.05) is 18.0 Å². The maximum atomic E-state index is 4.28. The van der Waals surface area contributed by atoms with Gasteiger partial charge in [0.05, 0.1) is 0 Å². The second-order valence-corrected chi connectivity index (χ2v) is 5.35. The molecule has 0 atom stereocenters. The average molecular weight is 281 g/mol. The van der Waals surface area contributed by atoms with Crippen molar-refractivity contribution in [3.8, 4) is 22.3 Å². The highest BCUT2D eigenvalue weighted by molar-refractivity contribution is 5.96. The molecule has 0 saturated carbocycles. The third-order valence-corrected chi connectivity index (χ3v) is 3.94. The lowest BCUT2D eigenvalue weighted by Gasteiger charge is -2.12. The first-order valence-corrected chi connectivity index (χ1v) is 7.40. The molecule has 0 unspecified atom stereocenters. The zero-order valence-electron chi connectivity index (χ0n) is 12.1. The molecule has 0 spiro atoms. The first kappa shape index (κ1) is 12.8. The van der Waals surface area contributed by atoms with Gasteiger partial charge in [-0.05, 0) is 45.7 Å². The molecule has 0 saturated heterocycles. The molecule has 1 heterocycles. The molecule has 104 valence electrons. The highest BCUT2D eigenvalue weighted by Gasteiger charge is 2.09. The van der Waals surface area contributed by atoms with Crippen molar-refractivity contribution in [2.24, 2.45) is 0 Å². The van der Waals surface area contributed by atoms with Crippen LogP contribution in [-0.2, 0) is 0 Å². The van der Waals surface area contributed by atoms with Crippen molar-refractivity contribution < 1.29 is 0 Å². The molecule has 1 nitrogen and oxygen atoms in total. The van der Waals surface area contributed by atoms with Crippen molar-refractivity contribution in [2.45, 2.75) is 0 Å². The molecule has 3 aromatic carbocycles. The average Bonchev–Trinajstić information content (AvgIpc) is 2.62. The number of hydrogen-bond donors (Lipinski definition) is 0. The maximum Gasteiger partial charge on any atom is 0.0346 e. The summed E-state index contributed by atoms with van der Waals surface area (Å²) >= 11 is 0. The van der Waals surface area contributed by atoms with Crippen LogP contribution < -0.4 is 0 Å². The fourth-order valence-corrected chi connectivity index (χ4v) is 2.86. The van der Waals surface area contributed by atoms with Crippen LogP contribution in [0.15, 0.2) is 91.3 Å². The zero-order chi connectivity index (χ0) is 14.8. The normalized spacial score (nSPS) is 10.7. The summed E-state index contributed by atoms with van der Waals surface area (Å²) in [6.45, 7) is 0. The molecule has 0 fully saturated rings. The van der Waals surface area contributed by atoms with Crippen LogP contribution in [0, 0.1) is 0 Å². The summed E-state index contributed by atoms with van der Waals surface area (Å²) in [4.78, 5) is 4.28. The molecule has 0 aliphatic heterocycles. The van der Waals surface area contributed by atoms with Gasteiger partial charge < -0.3 is 0 Å². The van der Waals surface area contributed by atoms with E-state index >= 15 is 0 Å². The molecule has 0 aliphatic carbocycles. The van der Waals surface area contributed by atoms with E-state index in [9.17, 15) is 0 Å². The molecule has 4 aromatic rings. The van der Waals surface area contributed by atoms with Crippen molar-refractivity contribution in [3.05, 3.63) is 91.3 Å². The number of pyridine rings is 1. The summed E-state index contributed by atoms with van der Waals surface area (Å²) in [6, 6.07) is 27.6. The van der Waals surface area contributed by atoms with Crippen molar-refractivity contribution in [3.63, 3.8) is 0 Å². The van der Waals surface area contributed by atoms with Crippen LogP contribution in [0.5, 0.6) is 0 Å². The van der Waals surface area contributed by atoms with Gasteiger partial charge in [-0.15, -0.1) is 0 Å². The first-order chi connectivity index (χ1) is 10.9. The second-order valence-electron chi connectivity index (χ2n) is 5.35. The van der Waals surface area contributed by atoms with Crippen molar-refractivity contribution in [2.75, 3.05) is 0 Å².